The number of hydrogen-bond donors (Lipinski definition) is 0. The summed E-state index contributed by atoms with van der Waals surface area (Å²) in [5.74, 6) is 1.09. The van der Waals surface area contributed by atoms with Crippen molar-refractivity contribution in [2.45, 2.75) is 25.3 Å². The molecule has 3 unspecified atom stereocenters. The van der Waals surface area contributed by atoms with Crippen molar-refractivity contribution in [1.29, 1.82) is 0 Å². The van der Waals surface area contributed by atoms with Gasteiger partial charge in [0, 0.05) is 20.6 Å². The van der Waals surface area contributed by atoms with E-state index in [9.17, 15) is 4.79 Å². The summed E-state index contributed by atoms with van der Waals surface area (Å²) < 4.78 is 0. The van der Waals surface area contributed by atoms with Crippen molar-refractivity contribution in [1.82, 2.24) is 9.80 Å². The van der Waals surface area contributed by atoms with Gasteiger partial charge in [-0.15, -0.1) is 0 Å². The molecule has 0 aromatic carbocycles. The Morgan fingerprint density at radius 3 is 2.85 bits per heavy atom. The van der Waals surface area contributed by atoms with Gasteiger partial charge in [-0.05, 0) is 31.7 Å². The molecular weight excluding hydrogens is 164 g/mol. The smallest absolute Gasteiger partial charge is 0.239 e. The fourth-order valence-electron chi connectivity index (χ4n) is 2.59. The molecule has 0 aromatic heterocycles. The van der Waals surface area contributed by atoms with Gasteiger partial charge in [-0.3, -0.25) is 9.69 Å². The largest absolute Gasteiger partial charge is 0.347 e. The van der Waals surface area contributed by atoms with Gasteiger partial charge in [-0.2, -0.15) is 0 Å². The Morgan fingerprint density at radius 1 is 1.46 bits per heavy atom. The maximum Gasteiger partial charge on any atom is 0.239 e. The summed E-state index contributed by atoms with van der Waals surface area (Å²) in [6.07, 6.45) is 3.70. The van der Waals surface area contributed by atoms with Crippen molar-refractivity contribution in [2.24, 2.45) is 5.92 Å². The molecule has 0 spiro atoms. The van der Waals surface area contributed by atoms with E-state index in [-0.39, 0.29) is 6.04 Å². The van der Waals surface area contributed by atoms with E-state index < -0.39 is 0 Å². The molecule has 2 fully saturated rings. The van der Waals surface area contributed by atoms with Crippen molar-refractivity contribution in [3.63, 3.8) is 0 Å². The molecule has 3 heteroatoms. The summed E-state index contributed by atoms with van der Waals surface area (Å²) >= 11 is 0. The molecule has 1 amide bonds. The number of piperidine rings is 1. The standard InChI is InChI=1S/C10H18N2O/c1-11(2)10(13)9-6-8-4-3-5-12(9)7-8/h8-9H,3-7H2,1-2H3. The number of carbonyl (C=O) groups excluding carboxylic acids is 1. The molecule has 0 aromatic rings. The Kier molecular flexibility index (Phi) is 2.28. The van der Waals surface area contributed by atoms with Crippen LogP contribution in [0.5, 0.6) is 0 Å². The highest BCUT2D eigenvalue weighted by atomic mass is 16.2. The van der Waals surface area contributed by atoms with E-state index in [2.05, 4.69) is 4.90 Å². The van der Waals surface area contributed by atoms with Crippen molar-refractivity contribution in [3.8, 4) is 0 Å². The SMILES string of the molecule is CN(C)C(=O)C1CC2CCCN1C2. The van der Waals surface area contributed by atoms with E-state index in [0.717, 1.165) is 25.4 Å². The zero-order valence-electron chi connectivity index (χ0n) is 8.49. The molecule has 0 aliphatic carbocycles. The predicted octanol–water partition coefficient (Wildman–Crippen LogP) is 0.559. The summed E-state index contributed by atoms with van der Waals surface area (Å²) in [6, 6.07) is 0.197. The monoisotopic (exact) mass is 182 g/mol. The topological polar surface area (TPSA) is 23.6 Å². The van der Waals surface area contributed by atoms with Crippen LogP contribution in [0.3, 0.4) is 0 Å². The van der Waals surface area contributed by atoms with Crippen LogP contribution in [0.4, 0.5) is 0 Å². The average molecular weight is 182 g/mol. The lowest BCUT2D eigenvalue weighted by Gasteiger charge is -2.27. The first-order valence-corrected chi connectivity index (χ1v) is 5.13. The van der Waals surface area contributed by atoms with Crippen LogP contribution in [0.15, 0.2) is 0 Å². The lowest BCUT2D eigenvalue weighted by molar-refractivity contribution is -0.133. The number of fused-ring (bicyclic) bond motifs is 2. The van der Waals surface area contributed by atoms with Crippen LogP contribution in [0.2, 0.25) is 0 Å². The molecule has 2 aliphatic rings. The van der Waals surface area contributed by atoms with E-state index in [1.54, 1.807) is 4.90 Å². The minimum Gasteiger partial charge on any atom is -0.347 e. The number of carbonyl (C=O) groups is 1. The van der Waals surface area contributed by atoms with Gasteiger partial charge in [-0.1, -0.05) is 0 Å². The Hall–Kier alpha value is -0.570. The highest BCUT2D eigenvalue weighted by Crippen LogP contribution is 2.32. The molecule has 2 heterocycles. The minimum absolute atomic E-state index is 0.197. The first kappa shape index (κ1) is 9.00. The van der Waals surface area contributed by atoms with Gasteiger partial charge >= 0.3 is 0 Å². The summed E-state index contributed by atoms with van der Waals surface area (Å²) in [6.45, 7) is 2.28. The molecule has 13 heavy (non-hydrogen) atoms. The molecule has 74 valence electrons. The number of amides is 1. The summed E-state index contributed by atoms with van der Waals surface area (Å²) in [7, 11) is 3.71. The molecule has 0 saturated carbocycles. The summed E-state index contributed by atoms with van der Waals surface area (Å²) in [5, 5.41) is 0. The van der Waals surface area contributed by atoms with Crippen molar-refractivity contribution >= 4 is 5.91 Å². The highest BCUT2D eigenvalue weighted by molar-refractivity contribution is 5.81. The van der Waals surface area contributed by atoms with Gasteiger partial charge in [0.05, 0.1) is 6.04 Å². The molecule has 2 aliphatic heterocycles. The lowest BCUT2D eigenvalue weighted by atomic mass is 9.99. The van der Waals surface area contributed by atoms with Crippen molar-refractivity contribution < 1.29 is 4.79 Å². The van der Waals surface area contributed by atoms with Crippen molar-refractivity contribution in [3.05, 3.63) is 0 Å². The predicted molar refractivity (Wildman–Crippen MR) is 51.4 cm³/mol. The highest BCUT2D eigenvalue weighted by Gasteiger charge is 2.39. The first-order chi connectivity index (χ1) is 6.18. The Labute approximate surface area is 79.7 Å². The third-order valence-corrected chi connectivity index (χ3v) is 3.27. The molecule has 2 rings (SSSR count). The van der Waals surface area contributed by atoms with Gasteiger partial charge in [0.2, 0.25) is 5.91 Å². The summed E-state index contributed by atoms with van der Waals surface area (Å²) in [5.41, 5.74) is 0. The average Bonchev–Trinajstić information content (AvgIpc) is 2.40. The van der Waals surface area contributed by atoms with Crippen LogP contribution in [0.1, 0.15) is 19.3 Å². The maximum atomic E-state index is 11.8. The van der Waals surface area contributed by atoms with Gasteiger partial charge in [-0.25, -0.2) is 0 Å². The first-order valence-electron chi connectivity index (χ1n) is 5.13. The van der Waals surface area contributed by atoms with E-state index in [1.807, 2.05) is 14.1 Å². The van der Waals surface area contributed by atoms with E-state index in [4.69, 9.17) is 0 Å². The van der Waals surface area contributed by atoms with Crippen LogP contribution in [0.25, 0.3) is 0 Å². The Morgan fingerprint density at radius 2 is 2.23 bits per heavy atom. The van der Waals surface area contributed by atoms with Crippen LogP contribution in [-0.2, 0) is 4.79 Å². The number of rotatable bonds is 1. The molecule has 2 saturated heterocycles. The molecular formula is C10H18N2O. The second-order valence-corrected chi connectivity index (χ2v) is 4.49. The zero-order chi connectivity index (χ0) is 9.42. The van der Waals surface area contributed by atoms with Crippen molar-refractivity contribution in [2.75, 3.05) is 27.2 Å². The Bertz CT molecular complexity index is 215. The molecule has 3 atom stereocenters. The lowest BCUT2D eigenvalue weighted by Crippen LogP contribution is -2.43. The van der Waals surface area contributed by atoms with Gasteiger partial charge < -0.3 is 4.90 Å². The Balaban J connectivity index is 2.04. The summed E-state index contributed by atoms with van der Waals surface area (Å²) in [4.78, 5) is 15.9. The quantitative estimate of drug-likeness (QED) is 0.591. The van der Waals surface area contributed by atoms with Crippen LogP contribution < -0.4 is 0 Å². The normalized spacial score (nSPS) is 37.5. The van der Waals surface area contributed by atoms with E-state index >= 15 is 0 Å². The van der Waals surface area contributed by atoms with Gasteiger partial charge in [0.25, 0.3) is 0 Å². The fourth-order valence-corrected chi connectivity index (χ4v) is 2.59. The van der Waals surface area contributed by atoms with Crippen LogP contribution in [0, 0.1) is 5.92 Å². The zero-order valence-corrected chi connectivity index (χ0v) is 8.49. The number of likely N-dealkylation sites (N-methyl/N-ethyl adjacent to an activating group) is 1. The number of nitrogens with zero attached hydrogens (tertiary/aromatic N) is 2. The molecule has 0 radical (unpaired) electrons. The second kappa shape index (κ2) is 3.29. The fraction of sp³-hybridized carbons (Fsp3) is 0.900. The molecule has 3 nitrogen and oxygen atoms in total. The van der Waals surface area contributed by atoms with Crippen LogP contribution >= 0.6 is 0 Å². The maximum absolute atomic E-state index is 11.8. The minimum atomic E-state index is 0.197. The third kappa shape index (κ3) is 1.57. The van der Waals surface area contributed by atoms with Gasteiger partial charge in [0.1, 0.15) is 0 Å². The van der Waals surface area contributed by atoms with E-state index in [1.165, 1.54) is 12.8 Å². The molecule has 2 bridgehead atoms. The second-order valence-electron chi connectivity index (χ2n) is 4.49. The number of hydrogen-bond acceptors (Lipinski definition) is 2. The third-order valence-electron chi connectivity index (χ3n) is 3.27. The van der Waals surface area contributed by atoms with Gasteiger partial charge in [0.15, 0.2) is 0 Å². The molecule has 0 N–H and O–H groups in total. The van der Waals surface area contributed by atoms with Crippen LogP contribution in [-0.4, -0.2) is 48.9 Å². The van der Waals surface area contributed by atoms with E-state index in [0.29, 0.717) is 5.91 Å².